The minimum atomic E-state index is -1.05. The molecule has 4 rings (SSSR count). The second-order valence-corrected chi connectivity index (χ2v) is 13.4. The monoisotopic (exact) mass is 786 g/mol. The lowest BCUT2D eigenvalue weighted by Gasteiger charge is -2.13. The van der Waals surface area contributed by atoms with Crippen molar-refractivity contribution in [1.82, 2.24) is 0 Å². The Bertz CT molecular complexity index is 1780. The van der Waals surface area contributed by atoms with Crippen molar-refractivity contribution in [1.29, 1.82) is 0 Å². The predicted octanol–water partition coefficient (Wildman–Crippen LogP) is 10.6. The fourth-order valence-corrected chi connectivity index (χ4v) is 5.72. The zero-order valence-electron chi connectivity index (χ0n) is 30.6. The molecule has 0 heterocycles. The lowest BCUT2D eigenvalue weighted by molar-refractivity contribution is -0.153. The smallest absolute Gasteiger partial charge is 0.347 e. The van der Waals surface area contributed by atoms with Crippen molar-refractivity contribution in [3.05, 3.63) is 112 Å². The molecule has 0 saturated carbocycles. The minimum Gasteiger partial charge on any atom is -0.492 e. The summed E-state index contributed by atoms with van der Waals surface area (Å²) in [5, 5.41) is 0. The number of ether oxygens (including phenoxy) is 5. The molecule has 0 aliphatic heterocycles. The second-order valence-electron chi connectivity index (χ2n) is 12.6. The average Bonchev–Trinajstić information content (AvgIpc) is 3.17. The van der Waals surface area contributed by atoms with Gasteiger partial charge in [0.15, 0.2) is 6.10 Å². The number of esters is 4. The summed E-state index contributed by atoms with van der Waals surface area (Å²) in [6.07, 6.45) is 8.73. The van der Waals surface area contributed by atoms with Crippen LogP contribution in [0.3, 0.4) is 0 Å². The van der Waals surface area contributed by atoms with Gasteiger partial charge in [0, 0.05) is 0 Å². The molecule has 0 aromatic heterocycles. The van der Waals surface area contributed by atoms with Crippen LogP contribution in [0.4, 0.5) is 0 Å². The number of carbonyl (C=O) groups is 4. The van der Waals surface area contributed by atoms with Crippen molar-refractivity contribution in [2.45, 2.75) is 84.7 Å². The Kier molecular flexibility index (Phi) is 16.6. The first-order valence-corrected chi connectivity index (χ1v) is 19.0. The molecule has 0 saturated heterocycles. The van der Waals surface area contributed by atoms with E-state index in [-0.39, 0.29) is 29.2 Å². The highest BCUT2D eigenvalue weighted by Gasteiger charge is 2.21. The quantitative estimate of drug-likeness (QED) is 0.0490. The van der Waals surface area contributed by atoms with Gasteiger partial charge in [0.1, 0.15) is 17.2 Å². The van der Waals surface area contributed by atoms with Crippen LogP contribution in [0.15, 0.2) is 95.5 Å². The zero-order chi connectivity index (χ0) is 38.0. The molecule has 4 aromatic rings. The van der Waals surface area contributed by atoms with E-state index in [0.29, 0.717) is 12.2 Å². The summed E-state index contributed by atoms with van der Waals surface area (Å²) in [5.41, 5.74) is 2.70. The van der Waals surface area contributed by atoms with Gasteiger partial charge in [-0.05, 0) is 120 Å². The molecule has 10 heteroatoms. The fourth-order valence-electron chi connectivity index (χ4n) is 5.23. The summed E-state index contributed by atoms with van der Waals surface area (Å²) in [4.78, 5) is 50.2. The van der Waals surface area contributed by atoms with Crippen molar-refractivity contribution >= 4 is 39.8 Å². The summed E-state index contributed by atoms with van der Waals surface area (Å²) in [6.45, 7) is 6.73. The maximum Gasteiger partial charge on any atom is 0.347 e. The highest BCUT2D eigenvalue weighted by Crippen LogP contribution is 2.31. The number of hydrogen-bond donors (Lipinski definition) is 0. The molecule has 0 aliphatic rings. The lowest BCUT2D eigenvalue weighted by atomic mass is 10.0. The molecule has 0 aliphatic carbocycles. The SMILES string of the molecule is CCCCCCCOc1ccc(-c2ccc(C(=O)Oc3ccc(C(=O)Oc4ccc(C(=O)OC(C)C(=O)OCCCCCC)cc4)cc3)cc2)cc1Br. The number of carbonyl (C=O) groups excluding carboxylic acids is 4. The maximum atomic E-state index is 12.9. The van der Waals surface area contributed by atoms with Gasteiger partial charge in [0.05, 0.1) is 34.4 Å². The van der Waals surface area contributed by atoms with Gasteiger partial charge >= 0.3 is 23.9 Å². The molecule has 0 radical (unpaired) electrons. The van der Waals surface area contributed by atoms with E-state index in [0.717, 1.165) is 53.5 Å². The van der Waals surface area contributed by atoms with Gasteiger partial charge in [-0.2, -0.15) is 0 Å². The molecular formula is C43H47BrO9. The number of rotatable bonds is 20. The number of halogens is 1. The molecule has 1 atom stereocenters. The van der Waals surface area contributed by atoms with E-state index in [1.165, 1.54) is 81.1 Å². The van der Waals surface area contributed by atoms with Crippen molar-refractivity contribution in [2.75, 3.05) is 13.2 Å². The topological polar surface area (TPSA) is 114 Å². The molecule has 53 heavy (non-hydrogen) atoms. The number of hydrogen-bond acceptors (Lipinski definition) is 9. The van der Waals surface area contributed by atoms with Gasteiger partial charge < -0.3 is 23.7 Å². The van der Waals surface area contributed by atoms with Crippen LogP contribution < -0.4 is 14.2 Å². The normalized spacial score (nSPS) is 11.3. The largest absolute Gasteiger partial charge is 0.492 e. The first-order chi connectivity index (χ1) is 25.7. The van der Waals surface area contributed by atoms with E-state index in [4.69, 9.17) is 23.7 Å². The molecule has 280 valence electrons. The van der Waals surface area contributed by atoms with Crippen LogP contribution in [0.1, 0.15) is 110 Å². The maximum absolute atomic E-state index is 12.9. The van der Waals surface area contributed by atoms with Gasteiger partial charge in [-0.25, -0.2) is 19.2 Å². The Morgan fingerprint density at radius 1 is 0.566 bits per heavy atom. The third kappa shape index (κ3) is 13.2. The molecule has 0 fully saturated rings. The highest BCUT2D eigenvalue weighted by molar-refractivity contribution is 9.10. The minimum absolute atomic E-state index is 0.184. The molecule has 9 nitrogen and oxygen atoms in total. The molecule has 1 unspecified atom stereocenters. The van der Waals surface area contributed by atoms with Gasteiger partial charge in [-0.15, -0.1) is 0 Å². The van der Waals surface area contributed by atoms with E-state index in [2.05, 4.69) is 29.8 Å². The summed E-state index contributed by atoms with van der Waals surface area (Å²) in [7, 11) is 0. The average molecular weight is 788 g/mol. The van der Waals surface area contributed by atoms with Gasteiger partial charge in [0.2, 0.25) is 0 Å². The molecule has 4 aromatic carbocycles. The Labute approximate surface area is 320 Å². The lowest BCUT2D eigenvalue weighted by Crippen LogP contribution is -2.26. The van der Waals surface area contributed by atoms with E-state index >= 15 is 0 Å². The van der Waals surface area contributed by atoms with Crippen LogP contribution in [0.5, 0.6) is 17.2 Å². The standard InChI is InChI=1S/C43H47BrO9/c1-4-6-8-10-12-27-49-39-26-21-35(29-38(39)44)31-13-15-32(16-14-31)42(47)52-37-24-19-34(20-25-37)43(48)53-36-22-17-33(18-23-36)41(46)51-30(3)40(45)50-28-11-9-7-5-2/h13-26,29-30H,4-12,27-28H2,1-3H3. The predicted molar refractivity (Wildman–Crippen MR) is 207 cm³/mol. The Hall–Kier alpha value is -4.96. The van der Waals surface area contributed by atoms with Crippen LogP contribution >= 0.6 is 15.9 Å². The Morgan fingerprint density at radius 3 is 1.58 bits per heavy atom. The fraction of sp³-hybridized carbons (Fsp3) is 0.349. The number of unbranched alkanes of at least 4 members (excludes halogenated alkanes) is 7. The van der Waals surface area contributed by atoms with Crippen LogP contribution in [-0.4, -0.2) is 43.2 Å². The van der Waals surface area contributed by atoms with Crippen LogP contribution in [0.2, 0.25) is 0 Å². The van der Waals surface area contributed by atoms with E-state index in [1.54, 1.807) is 12.1 Å². The second kappa shape index (κ2) is 21.5. The van der Waals surface area contributed by atoms with E-state index in [1.807, 2.05) is 30.3 Å². The number of benzene rings is 4. The van der Waals surface area contributed by atoms with Gasteiger partial charge in [-0.3, -0.25) is 0 Å². The molecule has 0 bridgehead atoms. The molecule has 0 spiro atoms. The molecule has 0 amide bonds. The highest BCUT2D eigenvalue weighted by atomic mass is 79.9. The van der Waals surface area contributed by atoms with E-state index in [9.17, 15) is 19.2 Å². The van der Waals surface area contributed by atoms with Crippen LogP contribution in [-0.2, 0) is 14.3 Å². The summed E-state index contributed by atoms with van der Waals surface area (Å²) < 4.78 is 28.2. The molecule has 0 N–H and O–H groups in total. The van der Waals surface area contributed by atoms with Crippen LogP contribution in [0, 0.1) is 0 Å². The van der Waals surface area contributed by atoms with Crippen LogP contribution in [0.25, 0.3) is 11.1 Å². The van der Waals surface area contributed by atoms with Crippen molar-refractivity contribution in [3.8, 4) is 28.4 Å². The Balaban J connectivity index is 1.23. The summed E-state index contributed by atoms with van der Waals surface area (Å²) in [5.74, 6) is -1.21. The summed E-state index contributed by atoms with van der Waals surface area (Å²) in [6, 6.07) is 24.8. The Morgan fingerprint density at radius 2 is 1.04 bits per heavy atom. The molecular weight excluding hydrogens is 740 g/mol. The zero-order valence-corrected chi connectivity index (χ0v) is 32.2. The summed E-state index contributed by atoms with van der Waals surface area (Å²) >= 11 is 3.62. The van der Waals surface area contributed by atoms with Crippen molar-refractivity contribution < 1.29 is 42.9 Å². The van der Waals surface area contributed by atoms with Gasteiger partial charge in [-0.1, -0.05) is 77.0 Å². The third-order valence-electron chi connectivity index (χ3n) is 8.35. The van der Waals surface area contributed by atoms with Crippen molar-refractivity contribution in [3.63, 3.8) is 0 Å². The first kappa shape index (κ1) is 40.8. The van der Waals surface area contributed by atoms with Gasteiger partial charge in [0.25, 0.3) is 0 Å². The third-order valence-corrected chi connectivity index (χ3v) is 8.97. The van der Waals surface area contributed by atoms with E-state index < -0.39 is 30.0 Å². The van der Waals surface area contributed by atoms with Crippen molar-refractivity contribution in [2.24, 2.45) is 0 Å². The first-order valence-electron chi connectivity index (χ1n) is 18.2.